The number of benzene rings is 1. The van der Waals surface area contributed by atoms with Crippen molar-refractivity contribution >= 4 is 31.2 Å². The monoisotopic (exact) mass is 417 g/mol. The van der Waals surface area contributed by atoms with Crippen molar-refractivity contribution in [3.63, 3.8) is 0 Å². The Kier molecular flexibility index (Phi) is 7.35. The summed E-state index contributed by atoms with van der Waals surface area (Å²) in [5.41, 5.74) is 0.467. The fourth-order valence-corrected chi connectivity index (χ4v) is 3.00. The van der Waals surface area contributed by atoms with Gasteiger partial charge in [0.15, 0.2) is 0 Å². The molecule has 0 aliphatic rings. The quantitative estimate of drug-likeness (QED) is 0.290. The molecule has 0 aliphatic carbocycles. The topological polar surface area (TPSA) is 92.6 Å². The molecular formula is C20H24FN3O4Si. The number of halogens is 1. The molecule has 7 nitrogen and oxygen atoms in total. The van der Waals surface area contributed by atoms with Crippen molar-refractivity contribution in [2.45, 2.75) is 25.7 Å². The summed E-state index contributed by atoms with van der Waals surface area (Å²) >= 11 is 0. The standard InChI is InChI=1S/C20H24FN3O4Si/c1-14(20(26)27)15-11-22-18(23-12-15)19(25)24(13-28-9-10-29(2,3)4)17-7-5-16(21)6-8-17/h5-8,11-12H,1,9-10,13H2,2-4H3,(H,26,27). The van der Waals surface area contributed by atoms with Crippen LogP contribution in [0, 0.1) is 5.82 Å². The van der Waals surface area contributed by atoms with Crippen LogP contribution in [0.1, 0.15) is 16.2 Å². The summed E-state index contributed by atoms with van der Waals surface area (Å²) < 4.78 is 19.0. The van der Waals surface area contributed by atoms with E-state index in [1.807, 2.05) is 0 Å². The van der Waals surface area contributed by atoms with E-state index in [2.05, 4.69) is 36.2 Å². The molecule has 1 heterocycles. The lowest BCUT2D eigenvalue weighted by Gasteiger charge is -2.23. The Bertz CT molecular complexity index is 880. The van der Waals surface area contributed by atoms with Crippen LogP contribution in [0.2, 0.25) is 25.7 Å². The second-order valence-electron chi connectivity index (χ2n) is 7.64. The number of hydrogen-bond donors (Lipinski definition) is 1. The summed E-state index contributed by atoms with van der Waals surface area (Å²) in [4.78, 5) is 33.2. The molecule has 1 aromatic carbocycles. The average molecular weight is 418 g/mol. The van der Waals surface area contributed by atoms with Gasteiger partial charge in [-0.2, -0.15) is 0 Å². The molecule has 0 saturated carbocycles. The smallest absolute Gasteiger partial charge is 0.335 e. The lowest BCUT2D eigenvalue weighted by Crippen LogP contribution is -2.35. The zero-order valence-corrected chi connectivity index (χ0v) is 17.7. The number of hydrogen-bond acceptors (Lipinski definition) is 5. The SMILES string of the molecule is C=C(C(=O)O)c1cnc(C(=O)N(COCC[Si](C)(C)C)c2ccc(F)cc2)nc1. The van der Waals surface area contributed by atoms with Crippen molar-refractivity contribution in [1.29, 1.82) is 0 Å². The number of carboxylic acids is 1. The molecule has 0 fully saturated rings. The number of carbonyl (C=O) groups excluding carboxylic acids is 1. The predicted molar refractivity (Wildman–Crippen MR) is 111 cm³/mol. The van der Waals surface area contributed by atoms with Gasteiger partial charge < -0.3 is 9.84 Å². The van der Waals surface area contributed by atoms with Crippen LogP contribution in [0.4, 0.5) is 10.1 Å². The Hall–Kier alpha value is -2.91. The second-order valence-corrected chi connectivity index (χ2v) is 13.3. The van der Waals surface area contributed by atoms with Crippen molar-refractivity contribution in [3.05, 3.63) is 60.4 Å². The fourth-order valence-electron chi connectivity index (χ4n) is 2.24. The molecule has 0 unspecified atom stereocenters. The normalized spacial score (nSPS) is 11.2. The van der Waals surface area contributed by atoms with Gasteiger partial charge >= 0.3 is 5.97 Å². The predicted octanol–water partition coefficient (Wildman–Crippen LogP) is 3.67. The van der Waals surface area contributed by atoms with Gasteiger partial charge in [0.05, 0.1) is 5.57 Å². The molecule has 0 atom stereocenters. The van der Waals surface area contributed by atoms with E-state index in [1.165, 1.54) is 41.6 Å². The van der Waals surface area contributed by atoms with Gasteiger partial charge in [-0.3, -0.25) is 9.69 Å². The van der Waals surface area contributed by atoms with Gasteiger partial charge in [-0.25, -0.2) is 19.2 Å². The number of aliphatic carboxylic acids is 1. The summed E-state index contributed by atoms with van der Waals surface area (Å²) in [5.74, 6) is -2.30. The number of amides is 1. The van der Waals surface area contributed by atoms with Crippen LogP contribution in [0.15, 0.2) is 43.2 Å². The molecule has 0 radical (unpaired) electrons. The van der Waals surface area contributed by atoms with Crippen LogP contribution < -0.4 is 4.90 Å². The molecule has 154 valence electrons. The average Bonchev–Trinajstić information content (AvgIpc) is 2.67. The highest BCUT2D eigenvalue weighted by Crippen LogP contribution is 2.18. The number of ether oxygens (including phenoxy) is 1. The molecular weight excluding hydrogens is 393 g/mol. The number of rotatable bonds is 9. The molecule has 2 aromatic rings. The van der Waals surface area contributed by atoms with E-state index in [0.717, 1.165) is 6.04 Å². The van der Waals surface area contributed by atoms with Crippen molar-refractivity contribution in [2.24, 2.45) is 0 Å². The zero-order chi connectivity index (χ0) is 21.6. The highest BCUT2D eigenvalue weighted by atomic mass is 28.3. The van der Waals surface area contributed by atoms with E-state index >= 15 is 0 Å². The van der Waals surface area contributed by atoms with Gasteiger partial charge in [-0.15, -0.1) is 0 Å². The van der Waals surface area contributed by atoms with Gasteiger partial charge in [-0.05, 0) is 30.3 Å². The molecule has 29 heavy (non-hydrogen) atoms. The van der Waals surface area contributed by atoms with E-state index in [-0.39, 0.29) is 23.7 Å². The third-order valence-corrected chi connectivity index (χ3v) is 5.75. The van der Waals surface area contributed by atoms with E-state index in [9.17, 15) is 14.0 Å². The summed E-state index contributed by atoms with van der Waals surface area (Å²) in [5, 5.41) is 8.98. The van der Waals surface area contributed by atoms with Crippen LogP contribution in [-0.2, 0) is 9.53 Å². The Morgan fingerprint density at radius 2 is 1.76 bits per heavy atom. The highest BCUT2D eigenvalue weighted by molar-refractivity contribution is 6.76. The van der Waals surface area contributed by atoms with Crippen LogP contribution >= 0.6 is 0 Å². The minimum Gasteiger partial charge on any atom is -0.478 e. The van der Waals surface area contributed by atoms with E-state index in [0.29, 0.717) is 12.3 Å². The second kappa shape index (κ2) is 9.53. The first-order chi connectivity index (χ1) is 13.6. The molecule has 9 heteroatoms. The summed E-state index contributed by atoms with van der Waals surface area (Å²) in [6, 6.07) is 6.36. The molecule has 1 aromatic heterocycles. The van der Waals surface area contributed by atoms with Crippen LogP contribution in [0.5, 0.6) is 0 Å². The third-order valence-electron chi connectivity index (χ3n) is 4.05. The Labute approximate surface area is 169 Å². The Morgan fingerprint density at radius 1 is 1.17 bits per heavy atom. The van der Waals surface area contributed by atoms with Crippen LogP contribution in [-0.4, -0.2) is 48.4 Å². The summed E-state index contributed by atoms with van der Waals surface area (Å²) in [6.07, 6.45) is 2.46. The van der Waals surface area contributed by atoms with E-state index in [1.54, 1.807) is 0 Å². The first-order valence-electron chi connectivity index (χ1n) is 8.98. The molecule has 1 amide bonds. The van der Waals surface area contributed by atoms with Gasteiger partial charge in [0.2, 0.25) is 5.82 Å². The molecule has 0 aliphatic heterocycles. The largest absolute Gasteiger partial charge is 0.478 e. The lowest BCUT2D eigenvalue weighted by atomic mass is 10.2. The Morgan fingerprint density at radius 3 is 2.28 bits per heavy atom. The Balaban J connectivity index is 2.20. The van der Waals surface area contributed by atoms with E-state index < -0.39 is 25.8 Å². The molecule has 2 rings (SSSR count). The number of nitrogens with zero attached hydrogens (tertiary/aromatic N) is 3. The zero-order valence-electron chi connectivity index (χ0n) is 16.7. The first-order valence-corrected chi connectivity index (χ1v) is 12.7. The van der Waals surface area contributed by atoms with Crippen molar-refractivity contribution in [2.75, 3.05) is 18.2 Å². The minimum atomic E-state index is -1.29. The maximum atomic E-state index is 13.3. The molecule has 1 N–H and O–H groups in total. The third kappa shape index (κ3) is 6.58. The number of carboxylic acid groups (broad SMARTS) is 1. The van der Waals surface area contributed by atoms with E-state index in [4.69, 9.17) is 9.84 Å². The first kappa shape index (κ1) is 22.4. The highest BCUT2D eigenvalue weighted by Gasteiger charge is 2.22. The molecule has 0 saturated heterocycles. The molecule has 0 spiro atoms. The maximum Gasteiger partial charge on any atom is 0.335 e. The van der Waals surface area contributed by atoms with Gasteiger partial charge in [0.25, 0.3) is 5.91 Å². The fraction of sp³-hybridized carbons (Fsp3) is 0.300. The number of aromatic nitrogens is 2. The van der Waals surface area contributed by atoms with Crippen molar-refractivity contribution in [3.8, 4) is 0 Å². The maximum absolute atomic E-state index is 13.3. The minimum absolute atomic E-state index is 0.0398. The van der Waals surface area contributed by atoms with Gasteiger partial charge in [0, 0.05) is 38.3 Å². The van der Waals surface area contributed by atoms with Gasteiger partial charge in [-0.1, -0.05) is 26.2 Å². The summed E-state index contributed by atoms with van der Waals surface area (Å²) in [7, 11) is -1.29. The lowest BCUT2D eigenvalue weighted by molar-refractivity contribution is -0.130. The number of carbonyl (C=O) groups is 2. The van der Waals surface area contributed by atoms with Crippen molar-refractivity contribution in [1.82, 2.24) is 9.97 Å². The van der Waals surface area contributed by atoms with Crippen molar-refractivity contribution < 1.29 is 23.8 Å². The number of anilines is 1. The molecule has 0 bridgehead atoms. The van der Waals surface area contributed by atoms with Crippen LogP contribution in [0.3, 0.4) is 0 Å². The van der Waals surface area contributed by atoms with Crippen LogP contribution in [0.25, 0.3) is 5.57 Å². The summed E-state index contributed by atoms with van der Waals surface area (Å²) in [6.45, 7) is 10.6. The van der Waals surface area contributed by atoms with Gasteiger partial charge in [0.1, 0.15) is 12.5 Å².